The minimum Gasteiger partial charge on any atom is -0.384 e. The number of ketones is 1. The third-order valence-corrected chi connectivity index (χ3v) is 10.2. The van der Waals surface area contributed by atoms with Crippen molar-refractivity contribution in [3.05, 3.63) is 58.1 Å². The Morgan fingerprint density at radius 3 is 2.56 bits per heavy atom. The normalized spacial score (nSPS) is 21.2. The van der Waals surface area contributed by atoms with Gasteiger partial charge in [0.15, 0.2) is 10.1 Å². The first-order valence-electron chi connectivity index (χ1n) is 14.4. The number of nitrogens with zero attached hydrogens (tertiary/aromatic N) is 4. The van der Waals surface area contributed by atoms with Crippen molar-refractivity contribution in [1.82, 2.24) is 15.5 Å². The fourth-order valence-corrected chi connectivity index (χ4v) is 7.82. The number of carbonyl (C=O) groups is 2. The summed E-state index contributed by atoms with van der Waals surface area (Å²) in [6.45, 7) is 8.42. The number of carbonyl (C=O) groups excluding carboxylic acids is 2. The summed E-state index contributed by atoms with van der Waals surface area (Å²) in [7, 11) is 0. The minimum atomic E-state index is -0.527. The average molecular weight is 591 g/mol. The number of allylic oxidation sites excluding steroid dienone is 3. The van der Waals surface area contributed by atoms with Gasteiger partial charge in [0.2, 0.25) is 11.0 Å². The van der Waals surface area contributed by atoms with E-state index in [1.807, 2.05) is 12.1 Å². The predicted octanol–water partition coefficient (Wildman–Crippen LogP) is 6.14. The van der Waals surface area contributed by atoms with Crippen LogP contribution in [0.2, 0.25) is 0 Å². The molecular formula is C31H38N6O2S2. The molecule has 3 aliphatic rings. The van der Waals surface area contributed by atoms with Crippen molar-refractivity contribution in [3.63, 3.8) is 0 Å². The average Bonchev–Trinajstić information content (AvgIpc) is 3.39. The van der Waals surface area contributed by atoms with Crippen LogP contribution in [0.3, 0.4) is 0 Å². The lowest BCUT2D eigenvalue weighted by molar-refractivity contribution is -0.119. The highest BCUT2D eigenvalue weighted by Crippen LogP contribution is 2.50. The van der Waals surface area contributed by atoms with Gasteiger partial charge in [-0.1, -0.05) is 94.3 Å². The number of rotatable bonds is 7. The molecule has 10 heteroatoms. The maximum atomic E-state index is 13.8. The van der Waals surface area contributed by atoms with Crippen LogP contribution in [0.25, 0.3) is 0 Å². The summed E-state index contributed by atoms with van der Waals surface area (Å²) in [4.78, 5) is 28.1. The molecule has 8 nitrogen and oxygen atoms in total. The molecule has 2 aliphatic carbocycles. The molecule has 2 aromatic rings. The van der Waals surface area contributed by atoms with Crippen molar-refractivity contribution < 1.29 is 9.59 Å². The van der Waals surface area contributed by atoms with Gasteiger partial charge in [0.05, 0.1) is 23.3 Å². The molecule has 2 heterocycles. The number of benzene rings is 1. The second-order valence-electron chi connectivity index (χ2n) is 12.3. The quantitative estimate of drug-likeness (QED) is 0.368. The molecule has 1 saturated carbocycles. The molecule has 1 aromatic carbocycles. The maximum absolute atomic E-state index is 13.8. The molecule has 0 saturated heterocycles. The number of thioether (sulfide) groups is 1. The van der Waals surface area contributed by atoms with E-state index >= 15 is 0 Å². The molecule has 5 rings (SSSR count). The molecular weight excluding hydrogens is 553 g/mol. The molecule has 1 aromatic heterocycles. The van der Waals surface area contributed by atoms with Crippen LogP contribution in [0.1, 0.15) is 95.6 Å². The third-order valence-electron chi connectivity index (χ3n) is 8.20. The number of hydrogen-bond acceptors (Lipinski definition) is 9. The lowest BCUT2D eigenvalue weighted by Gasteiger charge is -2.42. The molecule has 3 N–H and O–H groups in total. The Bertz CT molecular complexity index is 1430. The van der Waals surface area contributed by atoms with Crippen molar-refractivity contribution in [2.24, 2.45) is 11.1 Å². The largest absolute Gasteiger partial charge is 0.384 e. The van der Waals surface area contributed by atoms with E-state index < -0.39 is 5.92 Å². The molecule has 216 valence electrons. The van der Waals surface area contributed by atoms with Gasteiger partial charge in [0.1, 0.15) is 5.82 Å². The molecule has 1 unspecified atom stereocenters. The Kier molecular flexibility index (Phi) is 8.57. The van der Waals surface area contributed by atoms with E-state index in [2.05, 4.69) is 61.4 Å². The van der Waals surface area contributed by atoms with E-state index in [9.17, 15) is 14.9 Å². The first-order chi connectivity index (χ1) is 19.6. The van der Waals surface area contributed by atoms with Crippen molar-refractivity contribution in [1.29, 1.82) is 5.26 Å². The van der Waals surface area contributed by atoms with E-state index in [-0.39, 0.29) is 34.7 Å². The second kappa shape index (κ2) is 12.0. The van der Waals surface area contributed by atoms with Gasteiger partial charge in [-0.05, 0) is 41.7 Å². The van der Waals surface area contributed by atoms with Crippen LogP contribution in [0.15, 0.2) is 51.3 Å². The first-order valence-corrected chi connectivity index (χ1v) is 16.2. The maximum Gasteiger partial charge on any atom is 0.230 e. The molecule has 0 radical (unpaired) electrons. The summed E-state index contributed by atoms with van der Waals surface area (Å²) < 4.78 is 0.639. The Hall–Kier alpha value is -3.16. The van der Waals surface area contributed by atoms with Crippen molar-refractivity contribution >= 4 is 39.9 Å². The number of aromatic nitrogens is 2. The predicted molar refractivity (Wildman–Crippen MR) is 163 cm³/mol. The van der Waals surface area contributed by atoms with Gasteiger partial charge in [0, 0.05) is 23.7 Å². The SMILES string of the molecule is CC(C)c1ccc(C2C(C#N)=C(N)N(c3nnc(SCC(=O)NC4CCCCC4)s3)C3=C2C(=O)CC(C)(C)C3)cc1. The van der Waals surface area contributed by atoms with Crippen LogP contribution in [0, 0.1) is 16.7 Å². The molecule has 0 spiro atoms. The standard InChI is InChI=1S/C31H38N6O2S2/c1-18(2)19-10-12-20(13-11-19)26-22(16-32)28(33)37(23-14-31(3,4)15-24(38)27(23)26)29-35-36-30(41-29)40-17-25(39)34-21-8-6-5-7-9-21/h10-13,18,21,26H,5-9,14-15,17,33H2,1-4H3,(H,34,39). The smallest absolute Gasteiger partial charge is 0.230 e. The Labute approximate surface area is 250 Å². The van der Waals surface area contributed by atoms with Gasteiger partial charge in [-0.3, -0.25) is 14.5 Å². The van der Waals surface area contributed by atoms with Gasteiger partial charge in [0.25, 0.3) is 0 Å². The van der Waals surface area contributed by atoms with Crippen molar-refractivity contribution in [3.8, 4) is 6.07 Å². The summed E-state index contributed by atoms with van der Waals surface area (Å²) in [5, 5.41) is 22.7. The van der Waals surface area contributed by atoms with Gasteiger partial charge in [-0.25, -0.2) is 0 Å². The van der Waals surface area contributed by atoms with Gasteiger partial charge >= 0.3 is 0 Å². The Morgan fingerprint density at radius 1 is 1.20 bits per heavy atom. The van der Waals surface area contributed by atoms with E-state index in [4.69, 9.17) is 5.73 Å². The van der Waals surface area contributed by atoms with Crippen molar-refractivity contribution in [2.75, 3.05) is 10.7 Å². The van der Waals surface area contributed by atoms with Crippen LogP contribution < -0.4 is 16.0 Å². The number of Topliss-reactive ketones (excluding diaryl/α,β-unsaturated/α-hetero) is 1. The summed E-state index contributed by atoms with van der Waals surface area (Å²) in [6, 6.07) is 10.7. The number of amides is 1. The van der Waals surface area contributed by atoms with E-state index in [1.165, 1.54) is 35.1 Å². The van der Waals surface area contributed by atoms with Crippen LogP contribution in [0.4, 0.5) is 5.13 Å². The highest BCUT2D eigenvalue weighted by molar-refractivity contribution is 8.01. The monoisotopic (exact) mass is 590 g/mol. The third kappa shape index (κ3) is 6.21. The van der Waals surface area contributed by atoms with Crippen LogP contribution in [-0.4, -0.2) is 33.7 Å². The van der Waals surface area contributed by atoms with Crippen molar-refractivity contribution in [2.45, 2.75) is 94.9 Å². The number of hydrogen-bond donors (Lipinski definition) is 2. The number of anilines is 1. The second-order valence-corrected chi connectivity index (χ2v) is 14.5. The highest BCUT2D eigenvalue weighted by Gasteiger charge is 2.45. The number of nitriles is 1. The molecule has 1 fully saturated rings. The van der Waals surface area contributed by atoms with E-state index in [1.54, 1.807) is 4.90 Å². The van der Waals surface area contributed by atoms with Gasteiger partial charge in [-0.2, -0.15) is 5.26 Å². The summed E-state index contributed by atoms with van der Waals surface area (Å²) >= 11 is 2.66. The lowest BCUT2D eigenvalue weighted by atomic mass is 9.68. The molecule has 1 atom stereocenters. The lowest BCUT2D eigenvalue weighted by Crippen LogP contribution is -2.42. The van der Waals surface area contributed by atoms with E-state index in [0.717, 1.165) is 36.9 Å². The zero-order chi connectivity index (χ0) is 29.3. The summed E-state index contributed by atoms with van der Waals surface area (Å²) in [5.74, 6) is 0.403. The van der Waals surface area contributed by atoms with Crippen LogP contribution >= 0.6 is 23.1 Å². The first kappa shape index (κ1) is 29.3. The number of nitrogens with two attached hydrogens (primary N) is 1. The fourth-order valence-electron chi connectivity index (χ4n) is 6.13. The molecule has 1 amide bonds. The summed E-state index contributed by atoms with van der Waals surface area (Å²) in [6.07, 6.45) is 6.64. The minimum absolute atomic E-state index is 0.00116. The van der Waals surface area contributed by atoms with Gasteiger partial charge in [-0.15, -0.1) is 10.2 Å². The molecule has 41 heavy (non-hydrogen) atoms. The molecule has 1 aliphatic heterocycles. The fraction of sp³-hybridized carbons (Fsp3) is 0.516. The van der Waals surface area contributed by atoms with Crippen LogP contribution in [0.5, 0.6) is 0 Å². The van der Waals surface area contributed by atoms with E-state index in [0.29, 0.717) is 39.4 Å². The number of nitrogens with one attached hydrogen (secondary N) is 1. The van der Waals surface area contributed by atoms with Gasteiger partial charge < -0.3 is 11.1 Å². The highest BCUT2D eigenvalue weighted by atomic mass is 32.2. The van der Waals surface area contributed by atoms with Crippen LogP contribution in [-0.2, 0) is 9.59 Å². The Balaban J connectivity index is 1.45. The molecule has 0 bridgehead atoms. The Morgan fingerprint density at radius 2 is 1.90 bits per heavy atom. The zero-order valence-electron chi connectivity index (χ0n) is 24.2. The topological polar surface area (TPSA) is 125 Å². The zero-order valence-corrected chi connectivity index (χ0v) is 25.8. The summed E-state index contributed by atoms with van der Waals surface area (Å²) in [5.41, 5.74) is 10.3.